The van der Waals surface area contributed by atoms with Crippen LogP contribution in [0, 0.1) is 0 Å². The zero-order valence-electron chi connectivity index (χ0n) is 12.3. The maximum Gasteiger partial charge on any atom is 0.251 e. The first-order chi connectivity index (χ1) is 10.8. The fraction of sp³-hybridized carbons (Fsp3) is 0.211. The lowest BCUT2D eigenvalue weighted by Crippen LogP contribution is -2.25. The van der Waals surface area contributed by atoms with Crippen molar-refractivity contribution in [2.75, 3.05) is 6.54 Å². The van der Waals surface area contributed by atoms with E-state index < -0.39 is 0 Å². The van der Waals surface area contributed by atoms with Gasteiger partial charge in [-0.15, -0.1) is 11.3 Å². The van der Waals surface area contributed by atoms with Crippen molar-refractivity contribution in [3.63, 3.8) is 0 Å². The Morgan fingerprint density at radius 3 is 2.73 bits per heavy atom. The van der Waals surface area contributed by atoms with E-state index in [9.17, 15) is 4.79 Å². The molecule has 1 aromatic heterocycles. The SMILES string of the molecule is O=C(NCCc1cccs1)c1ccc2c3c(cccc13)CC2. The van der Waals surface area contributed by atoms with E-state index in [0.717, 1.165) is 30.2 Å². The van der Waals surface area contributed by atoms with Gasteiger partial charge in [0.25, 0.3) is 5.91 Å². The second kappa shape index (κ2) is 5.58. The van der Waals surface area contributed by atoms with Gasteiger partial charge in [-0.3, -0.25) is 4.79 Å². The zero-order chi connectivity index (χ0) is 14.9. The van der Waals surface area contributed by atoms with E-state index in [1.807, 2.05) is 12.1 Å². The van der Waals surface area contributed by atoms with Gasteiger partial charge < -0.3 is 5.32 Å². The third kappa shape index (κ3) is 2.32. The van der Waals surface area contributed by atoms with Gasteiger partial charge in [-0.25, -0.2) is 0 Å². The van der Waals surface area contributed by atoms with E-state index in [2.05, 4.69) is 41.0 Å². The van der Waals surface area contributed by atoms with Crippen LogP contribution in [-0.4, -0.2) is 12.5 Å². The average Bonchev–Trinajstić information content (AvgIpc) is 3.19. The summed E-state index contributed by atoms with van der Waals surface area (Å²) in [6.07, 6.45) is 3.08. The molecule has 4 rings (SSSR count). The highest BCUT2D eigenvalue weighted by atomic mass is 32.1. The van der Waals surface area contributed by atoms with Crippen LogP contribution < -0.4 is 5.32 Å². The van der Waals surface area contributed by atoms with Crippen LogP contribution in [-0.2, 0) is 19.3 Å². The second-order valence-electron chi connectivity index (χ2n) is 5.70. The summed E-state index contributed by atoms with van der Waals surface area (Å²) in [4.78, 5) is 13.8. The van der Waals surface area contributed by atoms with Crippen molar-refractivity contribution in [3.8, 4) is 0 Å². The summed E-state index contributed by atoms with van der Waals surface area (Å²) in [5.41, 5.74) is 3.55. The number of nitrogens with one attached hydrogen (secondary N) is 1. The molecule has 3 heteroatoms. The molecule has 110 valence electrons. The van der Waals surface area contributed by atoms with Gasteiger partial charge in [0.05, 0.1) is 0 Å². The highest BCUT2D eigenvalue weighted by Crippen LogP contribution is 2.32. The Hall–Kier alpha value is -2.13. The monoisotopic (exact) mass is 307 g/mol. The highest BCUT2D eigenvalue weighted by molar-refractivity contribution is 7.09. The number of hydrogen-bond donors (Lipinski definition) is 1. The summed E-state index contributed by atoms with van der Waals surface area (Å²) in [6.45, 7) is 0.683. The largest absolute Gasteiger partial charge is 0.352 e. The number of thiophene rings is 1. The minimum Gasteiger partial charge on any atom is -0.352 e. The normalized spacial score (nSPS) is 12.7. The molecule has 0 bridgehead atoms. The van der Waals surface area contributed by atoms with Crippen molar-refractivity contribution >= 4 is 28.0 Å². The number of aryl methyl sites for hydroxylation is 2. The summed E-state index contributed by atoms with van der Waals surface area (Å²) in [7, 11) is 0. The molecule has 0 spiro atoms. The molecule has 1 amide bonds. The fourth-order valence-electron chi connectivity index (χ4n) is 3.29. The molecule has 0 saturated carbocycles. The van der Waals surface area contributed by atoms with E-state index in [4.69, 9.17) is 0 Å². The molecule has 0 fully saturated rings. The Morgan fingerprint density at radius 2 is 1.91 bits per heavy atom. The molecule has 0 unspecified atom stereocenters. The predicted octanol–water partition coefficient (Wildman–Crippen LogP) is 3.97. The summed E-state index contributed by atoms with van der Waals surface area (Å²) in [5, 5.41) is 7.52. The Kier molecular flexibility index (Phi) is 3.43. The first-order valence-electron chi connectivity index (χ1n) is 7.67. The number of amides is 1. The molecule has 1 aliphatic rings. The standard InChI is InChI=1S/C19H17NOS/c21-19(20-11-10-15-4-2-12-22-15)17-9-8-14-7-6-13-3-1-5-16(17)18(13)14/h1-5,8-9,12H,6-7,10-11H2,(H,20,21). The summed E-state index contributed by atoms with van der Waals surface area (Å²) in [5.74, 6) is 0.0344. The minimum atomic E-state index is 0.0344. The molecule has 0 saturated heterocycles. The molecule has 1 heterocycles. The van der Waals surface area contributed by atoms with Crippen molar-refractivity contribution < 1.29 is 4.79 Å². The minimum absolute atomic E-state index is 0.0344. The first kappa shape index (κ1) is 13.5. The smallest absolute Gasteiger partial charge is 0.251 e. The van der Waals surface area contributed by atoms with Crippen molar-refractivity contribution in [1.29, 1.82) is 0 Å². The number of carbonyl (C=O) groups is 1. The molecule has 2 nitrogen and oxygen atoms in total. The second-order valence-corrected chi connectivity index (χ2v) is 6.73. The maximum atomic E-state index is 12.5. The first-order valence-corrected chi connectivity index (χ1v) is 8.55. The highest BCUT2D eigenvalue weighted by Gasteiger charge is 2.18. The van der Waals surface area contributed by atoms with Crippen molar-refractivity contribution in [2.24, 2.45) is 0 Å². The van der Waals surface area contributed by atoms with Crippen LogP contribution in [0.3, 0.4) is 0 Å². The quantitative estimate of drug-likeness (QED) is 0.776. The Balaban J connectivity index is 1.57. The molecule has 22 heavy (non-hydrogen) atoms. The number of rotatable bonds is 4. The molecule has 2 aromatic carbocycles. The van der Waals surface area contributed by atoms with Crippen LogP contribution in [0.4, 0.5) is 0 Å². The maximum absolute atomic E-state index is 12.5. The summed E-state index contributed by atoms with van der Waals surface area (Å²) in [6, 6.07) is 14.6. The van der Waals surface area contributed by atoms with Crippen molar-refractivity contribution in [1.82, 2.24) is 5.32 Å². The average molecular weight is 307 g/mol. The molecule has 1 N–H and O–H groups in total. The molecular weight excluding hydrogens is 290 g/mol. The zero-order valence-corrected chi connectivity index (χ0v) is 13.1. The van der Waals surface area contributed by atoms with E-state index >= 15 is 0 Å². The lowest BCUT2D eigenvalue weighted by molar-refractivity contribution is 0.0956. The molecule has 3 aromatic rings. The van der Waals surface area contributed by atoms with E-state index in [-0.39, 0.29) is 5.91 Å². The van der Waals surface area contributed by atoms with Crippen LogP contribution in [0.25, 0.3) is 10.8 Å². The molecule has 1 aliphatic carbocycles. The third-order valence-electron chi connectivity index (χ3n) is 4.36. The summed E-state index contributed by atoms with van der Waals surface area (Å²) >= 11 is 1.73. The van der Waals surface area contributed by atoms with Gasteiger partial charge in [0.1, 0.15) is 0 Å². The molecule has 0 atom stereocenters. The van der Waals surface area contributed by atoms with Crippen LogP contribution in [0.5, 0.6) is 0 Å². The topological polar surface area (TPSA) is 29.1 Å². The Bertz CT molecular complexity index is 826. The fourth-order valence-corrected chi connectivity index (χ4v) is 4.00. The molecule has 0 radical (unpaired) electrons. The van der Waals surface area contributed by atoms with Gasteiger partial charge in [-0.1, -0.05) is 30.3 Å². The van der Waals surface area contributed by atoms with Gasteiger partial charge in [0.15, 0.2) is 0 Å². The van der Waals surface area contributed by atoms with Gasteiger partial charge in [0.2, 0.25) is 0 Å². The van der Waals surface area contributed by atoms with E-state index in [0.29, 0.717) is 6.54 Å². The Labute approximate surface area is 133 Å². The molecule has 0 aliphatic heterocycles. The van der Waals surface area contributed by atoms with Crippen LogP contribution in [0.15, 0.2) is 47.8 Å². The number of carbonyl (C=O) groups excluding carboxylic acids is 1. The van der Waals surface area contributed by atoms with Crippen molar-refractivity contribution in [2.45, 2.75) is 19.3 Å². The predicted molar refractivity (Wildman–Crippen MR) is 91.7 cm³/mol. The van der Waals surface area contributed by atoms with Crippen LogP contribution >= 0.6 is 11.3 Å². The van der Waals surface area contributed by atoms with Gasteiger partial charge >= 0.3 is 0 Å². The van der Waals surface area contributed by atoms with Crippen LogP contribution in [0.1, 0.15) is 26.4 Å². The van der Waals surface area contributed by atoms with Gasteiger partial charge in [-0.05, 0) is 58.7 Å². The van der Waals surface area contributed by atoms with Crippen LogP contribution in [0.2, 0.25) is 0 Å². The molecular formula is C19H17NOS. The number of hydrogen-bond acceptors (Lipinski definition) is 2. The lowest BCUT2D eigenvalue weighted by Gasteiger charge is -2.09. The van der Waals surface area contributed by atoms with E-state index in [1.165, 1.54) is 21.4 Å². The van der Waals surface area contributed by atoms with Gasteiger partial charge in [0, 0.05) is 17.0 Å². The number of benzene rings is 2. The third-order valence-corrected chi connectivity index (χ3v) is 5.29. The lowest BCUT2D eigenvalue weighted by atomic mass is 9.99. The summed E-state index contributed by atoms with van der Waals surface area (Å²) < 4.78 is 0. The Morgan fingerprint density at radius 1 is 1.05 bits per heavy atom. The van der Waals surface area contributed by atoms with Gasteiger partial charge in [-0.2, -0.15) is 0 Å². The van der Waals surface area contributed by atoms with Crippen molar-refractivity contribution in [3.05, 3.63) is 69.4 Å². The van der Waals surface area contributed by atoms with E-state index in [1.54, 1.807) is 11.3 Å².